The first kappa shape index (κ1) is 14.9. The monoisotopic (exact) mass is 254 g/mol. The van der Waals surface area contributed by atoms with Crippen molar-refractivity contribution in [2.75, 3.05) is 37.8 Å². The van der Waals surface area contributed by atoms with Gasteiger partial charge >= 0.3 is 0 Å². The van der Waals surface area contributed by atoms with Crippen LogP contribution in [-0.2, 0) is 11.3 Å². The molecule has 0 unspecified atom stereocenters. The highest BCUT2D eigenvalue weighted by Gasteiger charge is 2.07. The molecule has 0 saturated heterocycles. The van der Waals surface area contributed by atoms with Gasteiger partial charge in [-0.25, -0.2) is 4.98 Å². The Labute approximate surface area is 108 Å². The van der Waals surface area contributed by atoms with Crippen molar-refractivity contribution in [1.82, 2.24) is 4.98 Å². The Balaban J connectivity index is 2.61. The van der Waals surface area contributed by atoms with Gasteiger partial charge in [-0.2, -0.15) is 0 Å². The molecule has 0 spiro atoms. The molecule has 0 radical (unpaired) electrons. The lowest BCUT2D eigenvalue weighted by Crippen LogP contribution is -2.28. The SMILES string of the molecule is CCN(CCOCCO)c1ccc(CO)c(C)n1. The van der Waals surface area contributed by atoms with E-state index in [0.717, 1.165) is 30.2 Å². The highest BCUT2D eigenvalue weighted by molar-refractivity contribution is 5.41. The minimum atomic E-state index is 0.0187. The van der Waals surface area contributed by atoms with Crippen molar-refractivity contribution in [1.29, 1.82) is 0 Å². The highest BCUT2D eigenvalue weighted by Crippen LogP contribution is 2.14. The van der Waals surface area contributed by atoms with Crippen molar-refractivity contribution >= 4 is 5.82 Å². The first-order chi connectivity index (χ1) is 8.72. The van der Waals surface area contributed by atoms with E-state index in [0.29, 0.717) is 13.2 Å². The first-order valence-electron chi connectivity index (χ1n) is 6.23. The molecular formula is C13H22N2O3. The molecule has 102 valence electrons. The lowest BCUT2D eigenvalue weighted by molar-refractivity contribution is 0.0967. The maximum absolute atomic E-state index is 9.11. The minimum absolute atomic E-state index is 0.0187. The molecule has 0 aliphatic carbocycles. The van der Waals surface area contributed by atoms with E-state index >= 15 is 0 Å². The minimum Gasteiger partial charge on any atom is -0.394 e. The van der Waals surface area contributed by atoms with E-state index in [4.69, 9.17) is 14.9 Å². The van der Waals surface area contributed by atoms with Gasteiger partial charge in [-0.3, -0.25) is 0 Å². The second-order valence-corrected chi connectivity index (χ2v) is 3.99. The van der Waals surface area contributed by atoms with E-state index in [2.05, 4.69) is 16.8 Å². The van der Waals surface area contributed by atoms with Gasteiger partial charge in [0.05, 0.1) is 26.4 Å². The summed E-state index contributed by atoms with van der Waals surface area (Å²) in [6.07, 6.45) is 0. The van der Waals surface area contributed by atoms with Gasteiger partial charge in [0, 0.05) is 18.8 Å². The zero-order chi connectivity index (χ0) is 13.4. The Hall–Kier alpha value is -1.17. The molecule has 0 bridgehead atoms. The maximum Gasteiger partial charge on any atom is 0.128 e. The van der Waals surface area contributed by atoms with Crippen LogP contribution in [0.25, 0.3) is 0 Å². The summed E-state index contributed by atoms with van der Waals surface area (Å²) in [6.45, 7) is 6.53. The quantitative estimate of drug-likeness (QED) is 0.669. The first-order valence-corrected chi connectivity index (χ1v) is 6.23. The van der Waals surface area contributed by atoms with Gasteiger partial charge in [-0.15, -0.1) is 0 Å². The van der Waals surface area contributed by atoms with E-state index < -0.39 is 0 Å². The molecule has 5 heteroatoms. The maximum atomic E-state index is 9.11. The molecule has 0 aliphatic heterocycles. The number of ether oxygens (including phenoxy) is 1. The predicted octanol–water partition coefficient (Wildman–Crippen LogP) is 0.718. The van der Waals surface area contributed by atoms with E-state index in [1.165, 1.54) is 0 Å². The largest absolute Gasteiger partial charge is 0.394 e. The lowest BCUT2D eigenvalue weighted by atomic mass is 10.2. The van der Waals surface area contributed by atoms with Crippen LogP contribution in [0, 0.1) is 6.92 Å². The van der Waals surface area contributed by atoms with Crippen molar-refractivity contribution in [2.24, 2.45) is 0 Å². The number of likely N-dealkylation sites (N-methyl/N-ethyl adjacent to an activating group) is 1. The molecular weight excluding hydrogens is 232 g/mol. The fourth-order valence-electron chi connectivity index (χ4n) is 1.70. The average molecular weight is 254 g/mol. The second kappa shape index (κ2) is 8.02. The third kappa shape index (κ3) is 4.25. The zero-order valence-electron chi connectivity index (χ0n) is 11.1. The Morgan fingerprint density at radius 1 is 1.28 bits per heavy atom. The Morgan fingerprint density at radius 2 is 2.06 bits per heavy atom. The van der Waals surface area contributed by atoms with Crippen molar-refractivity contribution in [2.45, 2.75) is 20.5 Å². The molecule has 0 aromatic carbocycles. The van der Waals surface area contributed by atoms with Gasteiger partial charge in [0.1, 0.15) is 5.82 Å². The second-order valence-electron chi connectivity index (χ2n) is 3.99. The van der Waals surface area contributed by atoms with Gasteiger partial charge in [0.15, 0.2) is 0 Å². The fraction of sp³-hybridized carbons (Fsp3) is 0.615. The number of hydrogen-bond acceptors (Lipinski definition) is 5. The average Bonchev–Trinajstić information content (AvgIpc) is 2.39. The third-order valence-electron chi connectivity index (χ3n) is 2.80. The summed E-state index contributed by atoms with van der Waals surface area (Å²) in [5.41, 5.74) is 1.70. The Bertz CT molecular complexity index is 358. The molecule has 1 heterocycles. The van der Waals surface area contributed by atoms with Gasteiger partial charge < -0.3 is 19.8 Å². The molecule has 1 aromatic rings. The van der Waals surface area contributed by atoms with Crippen molar-refractivity contribution in [3.63, 3.8) is 0 Å². The summed E-state index contributed by atoms with van der Waals surface area (Å²) < 4.78 is 5.25. The Kier molecular flexibility index (Phi) is 6.64. The molecule has 0 amide bonds. The van der Waals surface area contributed by atoms with Crippen molar-refractivity contribution in [3.05, 3.63) is 23.4 Å². The van der Waals surface area contributed by atoms with Crippen LogP contribution >= 0.6 is 0 Å². The summed E-state index contributed by atoms with van der Waals surface area (Å²) in [6, 6.07) is 3.81. The van der Waals surface area contributed by atoms with Crippen molar-refractivity contribution in [3.8, 4) is 0 Å². The van der Waals surface area contributed by atoms with Crippen LogP contribution in [0.1, 0.15) is 18.2 Å². The Morgan fingerprint density at radius 3 is 2.61 bits per heavy atom. The highest BCUT2D eigenvalue weighted by atomic mass is 16.5. The van der Waals surface area contributed by atoms with Crippen LogP contribution in [0.5, 0.6) is 0 Å². The number of aliphatic hydroxyl groups excluding tert-OH is 2. The number of aryl methyl sites for hydroxylation is 1. The lowest BCUT2D eigenvalue weighted by Gasteiger charge is -2.22. The molecule has 2 N–H and O–H groups in total. The summed E-state index contributed by atoms with van der Waals surface area (Å²) in [4.78, 5) is 6.58. The molecule has 1 rings (SSSR count). The number of anilines is 1. The van der Waals surface area contributed by atoms with Crippen LogP contribution in [0.3, 0.4) is 0 Å². The van der Waals surface area contributed by atoms with Crippen LogP contribution in [-0.4, -0.2) is 48.1 Å². The number of pyridine rings is 1. The van der Waals surface area contributed by atoms with E-state index in [1.807, 2.05) is 19.1 Å². The molecule has 1 aromatic heterocycles. The molecule has 0 aliphatic rings. The van der Waals surface area contributed by atoms with E-state index in [-0.39, 0.29) is 13.2 Å². The molecule has 18 heavy (non-hydrogen) atoms. The number of aliphatic hydroxyl groups is 2. The topological polar surface area (TPSA) is 65.8 Å². The van der Waals surface area contributed by atoms with E-state index in [1.54, 1.807) is 0 Å². The molecule has 0 saturated carbocycles. The summed E-state index contributed by atoms with van der Waals surface area (Å²) in [7, 11) is 0. The number of hydrogen-bond donors (Lipinski definition) is 2. The van der Waals surface area contributed by atoms with Crippen LogP contribution < -0.4 is 4.90 Å². The summed E-state index contributed by atoms with van der Waals surface area (Å²) in [5, 5.41) is 17.7. The normalized spacial score (nSPS) is 10.7. The van der Waals surface area contributed by atoms with Gasteiger partial charge in [-0.1, -0.05) is 6.07 Å². The van der Waals surface area contributed by atoms with Crippen LogP contribution in [0.15, 0.2) is 12.1 Å². The van der Waals surface area contributed by atoms with Crippen molar-refractivity contribution < 1.29 is 14.9 Å². The zero-order valence-corrected chi connectivity index (χ0v) is 11.1. The molecule has 5 nitrogen and oxygen atoms in total. The number of nitrogens with zero attached hydrogens (tertiary/aromatic N) is 2. The summed E-state index contributed by atoms with van der Waals surface area (Å²) >= 11 is 0. The molecule has 0 atom stereocenters. The van der Waals surface area contributed by atoms with Gasteiger partial charge in [-0.05, 0) is 25.5 Å². The number of rotatable bonds is 8. The van der Waals surface area contributed by atoms with Crippen LogP contribution in [0.2, 0.25) is 0 Å². The van der Waals surface area contributed by atoms with E-state index in [9.17, 15) is 0 Å². The van der Waals surface area contributed by atoms with Gasteiger partial charge in [0.2, 0.25) is 0 Å². The third-order valence-corrected chi connectivity index (χ3v) is 2.80. The number of aromatic nitrogens is 1. The smallest absolute Gasteiger partial charge is 0.128 e. The van der Waals surface area contributed by atoms with Crippen LogP contribution in [0.4, 0.5) is 5.82 Å². The predicted molar refractivity (Wildman–Crippen MR) is 70.7 cm³/mol. The van der Waals surface area contributed by atoms with Gasteiger partial charge in [0.25, 0.3) is 0 Å². The summed E-state index contributed by atoms with van der Waals surface area (Å²) in [5.74, 6) is 0.889. The fourth-order valence-corrected chi connectivity index (χ4v) is 1.70. The standard InChI is InChI=1S/C13H22N2O3/c1-3-15(6-8-18-9-7-16)13-5-4-12(10-17)11(2)14-13/h4-5,16-17H,3,6-10H2,1-2H3. The molecule has 0 fully saturated rings.